The van der Waals surface area contributed by atoms with Gasteiger partial charge in [-0.15, -0.1) is 0 Å². The SMILES string of the molecule is CC1=CC[C@@]2([N+](=O)[O-])C[C@@]1([N+](=O)[O-])C[N+](C)(C)C2. The summed E-state index contributed by atoms with van der Waals surface area (Å²) in [7, 11) is 3.66. The van der Waals surface area contributed by atoms with Crippen LogP contribution in [-0.2, 0) is 0 Å². The van der Waals surface area contributed by atoms with E-state index in [1.807, 2.05) is 14.1 Å². The van der Waals surface area contributed by atoms with Gasteiger partial charge in [-0.2, -0.15) is 0 Å². The molecule has 0 aromatic heterocycles. The molecule has 0 spiro atoms. The molecular formula is C11H18N3O4+. The van der Waals surface area contributed by atoms with E-state index < -0.39 is 11.1 Å². The molecule has 1 aliphatic heterocycles. The molecule has 2 rings (SSSR count). The Balaban J connectivity index is 2.59. The molecule has 2 aliphatic rings. The first kappa shape index (κ1) is 12.9. The Morgan fingerprint density at radius 2 is 1.83 bits per heavy atom. The fourth-order valence-electron chi connectivity index (χ4n) is 3.61. The second kappa shape index (κ2) is 3.50. The van der Waals surface area contributed by atoms with E-state index in [1.54, 1.807) is 13.0 Å². The van der Waals surface area contributed by atoms with Crippen molar-refractivity contribution in [2.24, 2.45) is 0 Å². The van der Waals surface area contributed by atoms with Crippen molar-refractivity contribution in [2.75, 3.05) is 27.2 Å². The molecule has 18 heavy (non-hydrogen) atoms. The van der Waals surface area contributed by atoms with Crippen LogP contribution in [0.1, 0.15) is 19.8 Å². The van der Waals surface area contributed by atoms with Crippen LogP contribution in [0, 0.1) is 20.2 Å². The predicted molar refractivity (Wildman–Crippen MR) is 64.3 cm³/mol. The van der Waals surface area contributed by atoms with E-state index >= 15 is 0 Å². The molecule has 0 aromatic rings. The van der Waals surface area contributed by atoms with Gasteiger partial charge in [0.15, 0.2) is 13.1 Å². The molecule has 1 heterocycles. The van der Waals surface area contributed by atoms with Gasteiger partial charge in [0.25, 0.3) is 11.1 Å². The molecule has 1 saturated heterocycles. The Morgan fingerprint density at radius 1 is 1.22 bits per heavy atom. The summed E-state index contributed by atoms with van der Waals surface area (Å²) in [6.07, 6.45) is 2.00. The highest BCUT2D eigenvalue weighted by Gasteiger charge is 2.68. The molecule has 7 nitrogen and oxygen atoms in total. The van der Waals surface area contributed by atoms with E-state index in [-0.39, 0.29) is 16.3 Å². The van der Waals surface area contributed by atoms with Crippen molar-refractivity contribution in [1.29, 1.82) is 0 Å². The molecule has 0 unspecified atom stereocenters. The topological polar surface area (TPSA) is 86.3 Å². The average molecular weight is 256 g/mol. The van der Waals surface area contributed by atoms with Gasteiger partial charge in [0.2, 0.25) is 0 Å². The van der Waals surface area contributed by atoms with Crippen molar-refractivity contribution in [1.82, 2.24) is 0 Å². The molecule has 0 N–H and O–H groups in total. The zero-order valence-electron chi connectivity index (χ0n) is 10.9. The van der Waals surface area contributed by atoms with E-state index in [1.165, 1.54) is 0 Å². The van der Waals surface area contributed by atoms with Gasteiger partial charge in [0, 0.05) is 21.8 Å². The van der Waals surface area contributed by atoms with E-state index in [9.17, 15) is 20.2 Å². The third-order valence-electron chi connectivity index (χ3n) is 4.29. The molecule has 0 amide bonds. The van der Waals surface area contributed by atoms with Crippen LogP contribution in [0.15, 0.2) is 11.6 Å². The van der Waals surface area contributed by atoms with E-state index in [4.69, 9.17) is 0 Å². The summed E-state index contributed by atoms with van der Waals surface area (Å²) in [5, 5.41) is 22.9. The fraction of sp³-hybridized carbons (Fsp3) is 0.818. The predicted octanol–water partition coefficient (Wildman–Crippen LogP) is 0.847. The molecule has 2 atom stereocenters. The number of nitro groups is 2. The molecule has 100 valence electrons. The summed E-state index contributed by atoms with van der Waals surface area (Å²) in [6.45, 7) is 2.38. The fourth-order valence-corrected chi connectivity index (χ4v) is 3.61. The van der Waals surface area contributed by atoms with Crippen molar-refractivity contribution < 1.29 is 14.3 Å². The lowest BCUT2D eigenvalue weighted by atomic mass is 9.68. The van der Waals surface area contributed by atoms with Crippen LogP contribution in [-0.4, -0.2) is 52.6 Å². The third kappa shape index (κ3) is 1.61. The van der Waals surface area contributed by atoms with Gasteiger partial charge in [-0.1, -0.05) is 6.08 Å². The Hall–Kier alpha value is -1.50. The van der Waals surface area contributed by atoms with Crippen LogP contribution in [0.5, 0.6) is 0 Å². The summed E-state index contributed by atoms with van der Waals surface area (Å²) in [5.74, 6) is 0. The zero-order valence-corrected chi connectivity index (χ0v) is 10.9. The number of rotatable bonds is 2. The monoisotopic (exact) mass is 256 g/mol. The van der Waals surface area contributed by atoms with Gasteiger partial charge >= 0.3 is 0 Å². The van der Waals surface area contributed by atoms with Crippen LogP contribution in [0.4, 0.5) is 0 Å². The van der Waals surface area contributed by atoms with Crippen LogP contribution in [0.2, 0.25) is 0 Å². The summed E-state index contributed by atoms with van der Waals surface area (Å²) in [5.41, 5.74) is -1.79. The van der Waals surface area contributed by atoms with Gasteiger partial charge in [-0.05, 0) is 6.92 Å². The normalized spacial score (nSPS) is 37.8. The van der Waals surface area contributed by atoms with E-state index in [0.29, 0.717) is 29.6 Å². The summed E-state index contributed by atoms with van der Waals surface area (Å²) in [6, 6.07) is 0. The first-order chi connectivity index (χ1) is 8.14. The zero-order chi connectivity index (χ0) is 13.8. The number of hydrogen-bond acceptors (Lipinski definition) is 4. The van der Waals surface area contributed by atoms with E-state index in [2.05, 4.69) is 0 Å². The molecule has 7 heteroatoms. The maximum atomic E-state index is 11.5. The van der Waals surface area contributed by atoms with Crippen LogP contribution >= 0.6 is 0 Å². The van der Waals surface area contributed by atoms with Gasteiger partial charge in [-0.3, -0.25) is 20.2 Å². The van der Waals surface area contributed by atoms with Crippen molar-refractivity contribution in [2.45, 2.75) is 30.8 Å². The lowest BCUT2D eigenvalue weighted by molar-refractivity contribution is -0.933. The molecule has 1 fully saturated rings. The Morgan fingerprint density at radius 3 is 2.33 bits per heavy atom. The quantitative estimate of drug-likeness (QED) is 0.317. The molecule has 1 aliphatic carbocycles. The molecule has 0 radical (unpaired) electrons. The summed E-state index contributed by atoms with van der Waals surface area (Å²) in [4.78, 5) is 22.2. The van der Waals surface area contributed by atoms with Gasteiger partial charge in [0.1, 0.15) is 6.42 Å². The Kier molecular flexibility index (Phi) is 2.52. The maximum Gasteiger partial charge on any atom is 0.297 e. The first-order valence-corrected chi connectivity index (χ1v) is 5.92. The van der Waals surface area contributed by atoms with Gasteiger partial charge < -0.3 is 4.48 Å². The summed E-state index contributed by atoms with van der Waals surface area (Å²) >= 11 is 0. The van der Waals surface area contributed by atoms with Crippen molar-refractivity contribution >= 4 is 0 Å². The second-order valence-corrected chi connectivity index (χ2v) is 6.29. The van der Waals surface area contributed by atoms with Crippen LogP contribution in [0.3, 0.4) is 0 Å². The average Bonchev–Trinajstić information content (AvgIpc) is 2.21. The number of hydrogen-bond donors (Lipinski definition) is 0. The highest BCUT2D eigenvalue weighted by atomic mass is 16.6. The largest absolute Gasteiger partial charge is 0.316 e. The third-order valence-corrected chi connectivity index (χ3v) is 4.29. The minimum atomic E-state index is -1.27. The molecule has 0 aromatic carbocycles. The number of quaternary nitrogens is 1. The van der Waals surface area contributed by atoms with Crippen molar-refractivity contribution in [3.05, 3.63) is 31.9 Å². The Bertz CT molecular complexity index is 459. The number of piperidine rings is 1. The lowest BCUT2D eigenvalue weighted by Crippen LogP contribution is -2.71. The molecule has 0 saturated carbocycles. The number of fused-ring (bicyclic) bond motifs is 2. The summed E-state index contributed by atoms with van der Waals surface area (Å²) < 4.78 is 0.313. The van der Waals surface area contributed by atoms with Crippen molar-refractivity contribution in [3.63, 3.8) is 0 Å². The number of likely N-dealkylation sites (tertiary alicyclic amines) is 1. The smallest absolute Gasteiger partial charge is 0.297 e. The first-order valence-electron chi connectivity index (χ1n) is 5.92. The number of likely N-dealkylation sites (N-methyl/N-ethyl adjacent to an activating group) is 1. The molecular weight excluding hydrogens is 238 g/mol. The standard InChI is InChI=1S/C11H18N3O4/c1-9-4-5-10(12(15)16)6-11(9,13(17)18)8-14(2,3)7-10/h4H,5-8H2,1-3H3/q+1/t10-,11-/m1/s1. The lowest BCUT2D eigenvalue weighted by Gasteiger charge is -2.48. The van der Waals surface area contributed by atoms with Crippen molar-refractivity contribution in [3.8, 4) is 0 Å². The van der Waals surface area contributed by atoms with Crippen LogP contribution in [0.25, 0.3) is 0 Å². The van der Waals surface area contributed by atoms with Gasteiger partial charge in [0.05, 0.1) is 14.1 Å². The van der Waals surface area contributed by atoms with Gasteiger partial charge in [-0.25, -0.2) is 0 Å². The minimum Gasteiger partial charge on any atom is -0.316 e. The maximum absolute atomic E-state index is 11.5. The second-order valence-electron chi connectivity index (χ2n) is 6.29. The minimum absolute atomic E-state index is 0.0179. The highest BCUT2D eigenvalue weighted by molar-refractivity contribution is 5.23. The highest BCUT2D eigenvalue weighted by Crippen LogP contribution is 2.45. The Labute approximate surface area is 105 Å². The molecule has 2 bridgehead atoms. The number of nitrogens with zero attached hydrogens (tertiary/aromatic N) is 3. The van der Waals surface area contributed by atoms with E-state index in [0.717, 1.165) is 0 Å². The van der Waals surface area contributed by atoms with Crippen LogP contribution < -0.4 is 0 Å².